The van der Waals surface area contributed by atoms with Crippen molar-refractivity contribution in [1.29, 1.82) is 0 Å². The van der Waals surface area contributed by atoms with Gasteiger partial charge in [-0.1, -0.05) is 12.1 Å². The van der Waals surface area contributed by atoms with Gasteiger partial charge >= 0.3 is 0 Å². The molecule has 0 N–H and O–H groups in total. The normalized spacial score (nSPS) is 10.9. The molecule has 3 aromatic rings. The van der Waals surface area contributed by atoms with Crippen molar-refractivity contribution < 1.29 is 0 Å². The van der Waals surface area contributed by atoms with Gasteiger partial charge in [0.1, 0.15) is 12.2 Å². The molecule has 2 heterocycles. The molecule has 0 aliphatic carbocycles. The van der Waals surface area contributed by atoms with E-state index in [9.17, 15) is 0 Å². The van der Waals surface area contributed by atoms with Crippen LogP contribution < -0.4 is 0 Å². The van der Waals surface area contributed by atoms with Crippen molar-refractivity contribution in [1.82, 2.24) is 19.5 Å². The molecule has 4 nitrogen and oxygen atoms in total. The zero-order valence-electron chi connectivity index (χ0n) is 9.62. The number of fused-ring (bicyclic) bond motifs is 1. The van der Waals surface area contributed by atoms with Gasteiger partial charge in [-0.3, -0.25) is 0 Å². The van der Waals surface area contributed by atoms with Gasteiger partial charge in [0.2, 0.25) is 0 Å². The Bertz CT molecular complexity index is 663. The minimum absolute atomic E-state index is 0.389. The summed E-state index contributed by atoms with van der Waals surface area (Å²) in [5, 5.41) is 0. The van der Waals surface area contributed by atoms with Gasteiger partial charge in [-0.25, -0.2) is 15.0 Å². The standard InChI is InChI=1S/C13H11ClN4/c14-7-13-17-11-3-1-2-4-12(11)18(13)8-10-5-6-15-9-16-10/h1-6,9H,7-8H2. The van der Waals surface area contributed by atoms with E-state index < -0.39 is 0 Å². The van der Waals surface area contributed by atoms with Crippen LogP contribution >= 0.6 is 11.6 Å². The zero-order chi connectivity index (χ0) is 12.4. The van der Waals surface area contributed by atoms with Gasteiger partial charge in [0, 0.05) is 6.20 Å². The fraction of sp³-hybridized carbons (Fsp3) is 0.154. The van der Waals surface area contributed by atoms with Crippen LogP contribution in [-0.4, -0.2) is 19.5 Å². The molecule has 0 saturated carbocycles. The first kappa shape index (κ1) is 11.2. The molecule has 0 aliphatic heterocycles. The fourth-order valence-corrected chi connectivity index (χ4v) is 2.18. The summed E-state index contributed by atoms with van der Waals surface area (Å²) in [4.78, 5) is 12.7. The SMILES string of the molecule is ClCc1nc2ccccc2n1Cc1ccncn1. The van der Waals surface area contributed by atoms with Gasteiger partial charge in [-0.15, -0.1) is 11.6 Å². The molecular weight excluding hydrogens is 248 g/mol. The first-order valence-electron chi connectivity index (χ1n) is 5.63. The maximum atomic E-state index is 5.95. The molecule has 0 spiro atoms. The molecule has 0 bridgehead atoms. The maximum Gasteiger partial charge on any atom is 0.125 e. The minimum Gasteiger partial charge on any atom is -0.321 e. The number of rotatable bonds is 3. The van der Waals surface area contributed by atoms with Crippen LogP contribution in [-0.2, 0) is 12.4 Å². The van der Waals surface area contributed by atoms with Crippen molar-refractivity contribution in [3.8, 4) is 0 Å². The smallest absolute Gasteiger partial charge is 0.125 e. The van der Waals surface area contributed by atoms with Crippen LogP contribution in [0.2, 0.25) is 0 Å². The van der Waals surface area contributed by atoms with Crippen molar-refractivity contribution >= 4 is 22.6 Å². The van der Waals surface area contributed by atoms with Crippen LogP contribution in [0.5, 0.6) is 0 Å². The van der Waals surface area contributed by atoms with Gasteiger partial charge in [0.05, 0.1) is 29.2 Å². The summed E-state index contributed by atoms with van der Waals surface area (Å²) in [7, 11) is 0. The first-order valence-corrected chi connectivity index (χ1v) is 6.17. The molecule has 18 heavy (non-hydrogen) atoms. The van der Waals surface area contributed by atoms with Gasteiger partial charge in [0.15, 0.2) is 0 Å². The van der Waals surface area contributed by atoms with Crippen LogP contribution in [0, 0.1) is 0 Å². The number of hydrogen-bond donors (Lipinski definition) is 0. The topological polar surface area (TPSA) is 43.6 Å². The average molecular weight is 259 g/mol. The average Bonchev–Trinajstić information content (AvgIpc) is 2.78. The second kappa shape index (κ2) is 4.74. The second-order valence-corrected chi connectivity index (χ2v) is 4.20. The molecular formula is C13H11ClN4. The molecule has 90 valence electrons. The van der Waals surface area contributed by atoms with Crippen LogP contribution in [0.4, 0.5) is 0 Å². The van der Waals surface area contributed by atoms with Gasteiger partial charge < -0.3 is 4.57 Å². The number of para-hydroxylation sites is 2. The molecule has 0 aliphatic rings. The highest BCUT2D eigenvalue weighted by atomic mass is 35.5. The van der Waals surface area contributed by atoms with E-state index in [1.165, 1.54) is 0 Å². The summed E-state index contributed by atoms with van der Waals surface area (Å²) in [6, 6.07) is 9.90. The van der Waals surface area contributed by atoms with Gasteiger partial charge in [-0.2, -0.15) is 0 Å². The first-order chi connectivity index (χ1) is 8.88. The fourth-order valence-electron chi connectivity index (χ4n) is 1.98. The highest BCUT2D eigenvalue weighted by molar-refractivity contribution is 6.16. The Hall–Kier alpha value is -1.94. The molecule has 5 heteroatoms. The Morgan fingerprint density at radius 1 is 1.17 bits per heavy atom. The van der Waals surface area contributed by atoms with Crippen molar-refractivity contribution in [2.75, 3.05) is 0 Å². The van der Waals surface area contributed by atoms with Crippen molar-refractivity contribution in [2.45, 2.75) is 12.4 Å². The molecule has 0 atom stereocenters. The monoisotopic (exact) mass is 258 g/mol. The van der Waals surface area contributed by atoms with E-state index in [1.807, 2.05) is 30.3 Å². The highest BCUT2D eigenvalue weighted by Gasteiger charge is 2.09. The third-order valence-corrected chi connectivity index (χ3v) is 3.06. The Kier molecular flexibility index (Phi) is 2.94. The Balaban J connectivity index is 2.10. The third kappa shape index (κ3) is 1.95. The second-order valence-electron chi connectivity index (χ2n) is 3.94. The Labute approximate surface area is 109 Å². The summed E-state index contributed by atoms with van der Waals surface area (Å²) in [5.74, 6) is 1.25. The largest absolute Gasteiger partial charge is 0.321 e. The predicted molar refractivity (Wildman–Crippen MR) is 70.4 cm³/mol. The van der Waals surface area contributed by atoms with Crippen LogP contribution in [0.3, 0.4) is 0 Å². The highest BCUT2D eigenvalue weighted by Crippen LogP contribution is 2.18. The van der Waals surface area contributed by atoms with E-state index in [-0.39, 0.29) is 0 Å². The summed E-state index contributed by atoms with van der Waals surface area (Å²) < 4.78 is 2.09. The summed E-state index contributed by atoms with van der Waals surface area (Å²) in [6.07, 6.45) is 3.29. The van der Waals surface area contributed by atoms with E-state index >= 15 is 0 Å². The van der Waals surface area contributed by atoms with Crippen molar-refractivity contribution in [3.05, 3.63) is 54.4 Å². The summed E-state index contributed by atoms with van der Waals surface area (Å²) in [5.41, 5.74) is 2.98. The quantitative estimate of drug-likeness (QED) is 0.679. The lowest BCUT2D eigenvalue weighted by molar-refractivity contribution is 0.754. The molecule has 2 aromatic heterocycles. The lowest BCUT2D eigenvalue weighted by Crippen LogP contribution is -2.05. The van der Waals surface area contributed by atoms with E-state index in [0.29, 0.717) is 12.4 Å². The molecule has 0 amide bonds. The van der Waals surface area contributed by atoms with E-state index in [4.69, 9.17) is 11.6 Å². The molecule has 1 aromatic carbocycles. The minimum atomic E-state index is 0.389. The van der Waals surface area contributed by atoms with Crippen molar-refractivity contribution in [2.24, 2.45) is 0 Å². The number of aromatic nitrogens is 4. The van der Waals surface area contributed by atoms with E-state index in [2.05, 4.69) is 19.5 Å². The van der Waals surface area contributed by atoms with Gasteiger partial charge in [0.25, 0.3) is 0 Å². The lowest BCUT2D eigenvalue weighted by Gasteiger charge is -2.06. The molecule has 0 fully saturated rings. The Morgan fingerprint density at radius 2 is 2.06 bits per heavy atom. The number of alkyl halides is 1. The number of halogens is 1. The number of imidazole rings is 1. The molecule has 0 radical (unpaired) electrons. The summed E-state index contributed by atoms with van der Waals surface area (Å²) in [6.45, 7) is 0.658. The van der Waals surface area contributed by atoms with Crippen LogP contribution in [0.1, 0.15) is 11.5 Å². The van der Waals surface area contributed by atoms with Gasteiger partial charge in [-0.05, 0) is 18.2 Å². The van der Waals surface area contributed by atoms with Crippen LogP contribution in [0.25, 0.3) is 11.0 Å². The third-order valence-electron chi connectivity index (χ3n) is 2.82. The number of benzene rings is 1. The van der Waals surface area contributed by atoms with Crippen molar-refractivity contribution in [3.63, 3.8) is 0 Å². The van der Waals surface area contributed by atoms with E-state index in [1.54, 1.807) is 12.5 Å². The zero-order valence-corrected chi connectivity index (χ0v) is 10.4. The number of hydrogen-bond acceptors (Lipinski definition) is 3. The predicted octanol–water partition coefficient (Wildman–Crippen LogP) is 2.61. The molecule has 0 saturated heterocycles. The molecule has 3 rings (SSSR count). The van der Waals surface area contributed by atoms with Crippen LogP contribution in [0.15, 0.2) is 42.9 Å². The molecule has 0 unspecified atom stereocenters. The lowest BCUT2D eigenvalue weighted by atomic mass is 10.3. The van der Waals surface area contributed by atoms with E-state index in [0.717, 1.165) is 22.6 Å². The maximum absolute atomic E-state index is 5.95. The number of nitrogens with zero attached hydrogens (tertiary/aromatic N) is 4. The summed E-state index contributed by atoms with van der Waals surface area (Å²) >= 11 is 5.95. The Morgan fingerprint density at radius 3 is 2.83 bits per heavy atom.